The van der Waals surface area contributed by atoms with Crippen molar-refractivity contribution >= 4 is 0 Å². The lowest BCUT2D eigenvalue weighted by Crippen LogP contribution is -2.36. The first-order valence-corrected chi connectivity index (χ1v) is 6.41. The van der Waals surface area contributed by atoms with Crippen molar-refractivity contribution < 1.29 is 0 Å². The van der Waals surface area contributed by atoms with Crippen LogP contribution in [-0.4, -0.2) is 37.1 Å². The van der Waals surface area contributed by atoms with Gasteiger partial charge < -0.3 is 10.2 Å². The molecular weight excluding hydrogens is 184 g/mol. The SMILES string of the molecule is CCC(C)CN(C)C(C)CCNC(C)C. The Morgan fingerprint density at radius 3 is 2.20 bits per heavy atom. The Morgan fingerprint density at radius 1 is 1.13 bits per heavy atom. The molecule has 0 heterocycles. The van der Waals surface area contributed by atoms with Gasteiger partial charge in [-0.1, -0.05) is 34.1 Å². The van der Waals surface area contributed by atoms with Crippen LogP contribution < -0.4 is 5.32 Å². The van der Waals surface area contributed by atoms with Gasteiger partial charge in [-0.05, 0) is 32.9 Å². The van der Waals surface area contributed by atoms with Crippen LogP contribution in [0.5, 0.6) is 0 Å². The topological polar surface area (TPSA) is 15.3 Å². The van der Waals surface area contributed by atoms with Gasteiger partial charge in [0.1, 0.15) is 0 Å². The van der Waals surface area contributed by atoms with Crippen LogP contribution in [0.4, 0.5) is 0 Å². The van der Waals surface area contributed by atoms with Crippen molar-refractivity contribution in [3.8, 4) is 0 Å². The van der Waals surface area contributed by atoms with Crippen LogP contribution in [0.15, 0.2) is 0 Å². The van der Waals surface area contributed by atoms with Crippen molar-refractivity contribution in [2.75, 3.05) is 20.1 Å². The third-order valence-corrected chi connectivity index (χ3v) is 3.16. The highest BCUT2D eigenvalue weighted by molar-refractivity contribution is 4.67. The van der Waals surface area contributed by atoms with Crippen molar-refractivity contribution in [2.45, 2.75) is 59.5 Å². The van der Waals surface area contributed by atoms with Crippen molar-refractivity contribution in [2.24, 2.45) is 5.92 Å². The molecule has 92 valence electrons. The average molecular weight is 214 g/mol. The zero-order valence-electron chi connectivity index (χ0n) is 11.5. The molecule has 0 radical (unpaired) electrons. The molecule has 0 saturated carbocycles. The lowest BCUT2D eigenvalue weighted by atomic mass is 10.1. The zero-order valence-corrected chi connectivity index (χ0v) is 11.5. The van der Waals surface area contributed by atoms with E-state index in [2.05, 4.69) is 51.9 Å². The lowest BCUT2D eigenvalue weighted by molar-refractivity contribution is 0.211. The van der Waals surface area contributed by atoms with E-state index in [-0.39, 0.29) is 0 Å². The third kappa shape index (κ3) is 7.80. The molecule has 0 aliphatic heterocycles. The number of hydrogen-bond donors (Lipinski definition) is 1. The molecule has 0 aliphatic carbocycles. The molecule has 0 aliphatic rings. The van der Waals surface area contributed by atoms with Crippen LogP contribution in [0.25, 0.3) is 0 Å². The van der Waals surface area contributed by atoms with E-state index in [9.17, 15) is 0 Å². The highest BCUT2D eigenvalue weighted by atomic mass is 15.1. The lowest BCUT2D eigenvalue weighted by Gasteiger charge is -2.27. The van der Waals surface area contributed by atoms with E-state index < -0.39 is 0 Å². The van der Waals surface area contributed by atoms with Gasteiger partial charge in [0.15, 0.2) is 0 Å². The summed E-state index contributed by atoms with van der Waals surface area (Å²) in [5.74, 6) is 0.815. The van der Waals surface area contributed by atoms with Crippen LogP contribution in [0, 0.1) is 5.92 Å². The first-order valence-electron chi connectivity index (χ1n) is 6.41. The predicted octanol–water partition coefficient (Wildman–Crippen LogP) is 2.74. The summed E-state index contributed by atoms with van der Waals surface area (Å²) in [4.78, 5) is 2.48. The van der Waals surface area contributed by atoms with Gasteiger partial charge >= 0.3 is 0 Å². The molecule has 2 atom stereocenters. The molecule has 0 aromatic heterocycles. The first kappa shape index (κ1) is 14.9. The van der Waals surface area contributed by atoms with Crippen molar-refractivity contribution in [1.82, 2.24) is 10.2 Å². The molecular formula is C13H30N2. The van der Waals surface area contributed by atoms with Gasteiger partial charge in [-0.15, -0.1) is 0 Å². The van der Waals surface area contributed by atoms with E-state index in [1.807, 2.05) is 0 Å². The number of nitrogens with zero attached hydrogens (tertiary/aromatic N) is 1. The fourth-order valence-electron chi connectivity index (χ4n) is 1.60. The smallest absolute Gasteiger partial charge is 0.00760 e. The zero-order chi connectivity index (χ0) is 11.8. The minimum Gasteiger partial charge on any atom is -0.314 e. The number of rotatable bonds is 8. The normalized spacial score (nSPS) is 16.0. The molecule has 0 saturated heterocycles. The Bertz CT molecular complexity index is 145. The Hall–Kier alpha value is -0.0800. The van der Waals surface area contributed by atoms with Crippen LogP contribution in [0.2, 0.25) is 0 Å². The summed E-state index contributed by atoms with van der Waals surface area (Å²) in [7, 11) is 2.24. The predicted molar refractivity (Wildman–Crippen MR) is 69.3 cm³/mol. The summed E-state index contributed by atoms with van der Waals surface area (Å²) in [6, 6.07) is 1.29. The van der Waals surface area contributed by atoms with Crippen molar-refractivity contribution in [1.29, 1.82) is 0 Å². The van der Waals surface area contributed by atoms with E-state index in [4.69, 9.17) is 0 Å². The Balaban J connectivity index is 3.64. The summed E-state index contributed by atoms with van der Waals surface area (Å²) in [6.45, 7) is 13.7. The molecule has 15 heavy (non-hydrogen) atoms. The Labute approximate surface area is 96.4 Å². The largest absolute Gasteiger partial charge is 0.314 e. The second-order valence-electron chi connectivity index (χ2n) is 5.20. The summed E-state index contributed by atoms with van der Waals surface area (Å²) in [6.07, 6.45) is 2.52. The van der Waals surface area contributed by atoms with E-state index in [0.29, 0.717) is 12.1 Å². The van der Waals surface area contributed by atoms with Crippen LogP contribution >= 0.6 is 0 Å². The van der Waals surface area contributed by atoms with E-state index in [0.717, 1.165) is 12.5 Å². The van der Waals surface area contributed by atoms with Crippen molar-refractivity contribution in [3.05, 3.63) is 0 Å². The molecule has 1 N–H and O–H groups in total. The second kappa shape index (κ2) is 8.12. The maximum atomic E-state index is 3.47. The fraction of sp³-hybridized carbons (Fsp3) is 1.00. The van der Waals surface area contributed by atoms with Gasteiger partial charge in [-0.3, -0.25) is 0 Å². The molecule has 0 bridgehead atoms. The minimum atomic E-state index is 0.608. The summed E-state index contributed by atoms with van der Waals surface area (Å²) in [5, 5.41) is 3.47. The van der Waals surface area contributed by atoms with E-state index in [1.165, 1.54) is 19.4 Å². The Kier molecular flexibility index (Phi) is 8.07. The molecule has 2 heteroatoms. The second-order valence-corrected chi connectivity index (χ2v) is 5.20. The summed E-state index contributed by atoms with van der Waals surface area (Å²) in [5.41, 5.74) is 0. The highest BCUT2D eigenvalue weighted by Crippen LogP contribution is 2.07. The maximum absolute atomic E-state index is 3.47. The first-order chi connectivity index (χ1) is 6.97. The molecule has 2 nitrogen and oxygen atoms in total. The van der Waals surface area contributed by atoms with Crippen LogP contribution in [0.3, 0.4) is 0 Å². The highest BCUT2D eigenvalue weighted by Gasteiger charge is 2.11. The number of nitrogens with one attached hydrogen (secondary N) is 1. The minimum absolute atomic E-state index is 0.608. The molecule has 0 aromatic rings. The molecule has 0 aromatic carbocycles. The Morgan fingerprint density at radius 2 is 1.73 bits per heavy atom. The van der Waals surface area contributed by atoms with E-state index in [1.54, 1.807) is 0 Å². The molecule has 0 rings (SSSR count). The van der Waals surface area contributed by atoms with Gasteiger partial charge in [0.2, 0.25) is 0 Å². The summed E-state index contributed by atoms with van der Waals surface area (Å²) >= 11 is 0. The number of hydrogen-bond acceptors (Lipinski definition) is 2. The van der Waals surface area contributed by atoms with Gasteiger partial charge in [0.25, 0.3) is 0 Å². The van der Waals surface area contributed by atoms with Gasteiger partial charge in [-0.2, -0.15) is 0 Å². The standard InChI is InChI=1S/C13H30N2/c1-7-12(4)10-15(6)13(5)8-9-14-11(2)3/h11-14H,7-10H2,1-6H3. The van der Waals surface area contributed by atoms with Gasteiger partial charge in [-0.25, -0.2) is 0 Å². The molecule has 0 fully saturated rings. The van der Waals surface area contributed by atoms with Gasteiger partial charge in [0, 0.05) is 18.6 Å². The average Bonchev–Trinajstić information content (AvgIpc) is 2.16. The van der Waals surface area contributed by atoms with Gasteiger partial charge in [0.05, 0.1) is 0 Å². The quantitative estimate of drug-likeness (QED) is 0.668. The molecule has 0 amide bonds. The fourth-order valence-corrected chi connectivity index (χ4v) is 1.60. The molecule has 0 spiro atoms. The summed E-state index contributed by atoms with van der Waals surface area (Å²) < 4.78 is 0. The monoisotopic (exact) mass is 214 g/mol. The van der Waals surface area contributed by atoms with E-state index >= 15 is 0 Å². The third-order valence-electron chi connectivity index (χ3n) is 3.16. The maximum Gasteiger partial charge on any atom is 0.00760 e. The molecule has 2 unspecified atom stereocenters. The van der Waals surface area contributed by atoms with Crippen LogP contribution in [0.1, 0.15) is 47.5 Å². The van der Waals surface area contributed by atoms with Crippen LogP contribution in [-0.2, 0) is 0 Å². The van der Waals surface area contributed by atoms with Crippen molar-refractivity contribution in [3.63, 3.8) is 0 Å².